The van der Waals surface area contributed by atoms with Gasteiger partial charge in [0.25, 0.3) is 0 Å². The molecule has 2 aromatic heterocycles. The van der Waals surface area contributed by atoms with Gasteiger partial charge in [-0.25, -0.2) is 4.98 Å². The number of nitrogens with zero attached hydrogens (tertiary/aromatic N) is 2. The van der Waals surface area contributed by atoms with Crippen LogP contribution in [0.4, 0.5) is 0 Å². The Labute approximate surface area is 77.0 Å². The molecule has 13 heavy (non-hydrogen) atoms. The molecule has 0 saturated carbocycles. The number of hydrogen-bond donors (Lipinski definition) is 0. The summed E-state index contributed by atoms with van der Waals surface area (Å²) in [6.07, 6.45) is 2.07. The molecule has 0 unspecified atom stereocenters. The van der Waals surface area contributed by atoms with Gasteiger partial charge in [0.2, 0.25) is 5.88 Å². The minimum Gasteiger partial charge on any atom is -0.481 e. The lowest BCUT2D eigenvalue weighted by molar-refractivity contribution is 0.399. The summed E-state index contributed by atoms with van der Waals surface area (Å²) in [5.74, 6) is 0.668. The quantitative estimate of drug-likeness (QED) is 0.663. The highest BCUT2D eigenvalue weighted by Crippen LogP contribution is 2.20. The number of methoxy groups -OCH3 is 1. The van der Waals surface area contributed by atoms with Gasteiger partial charge in [-0.2, -0.15) is 0 Å². The number of ether oxygens (including phenoxy) is 1. The Morgan fingerprint density at radius 3 is 2.85 bits per heavy atom. The van der Waals surface area contributed by atoms with Crippen LogP contribution in [0.5, 0.6) is 5.88 Å². The van der Waals surface area contributed by atoms with E-state index in [1.54, 1.807) is 7.11 Å². The summed E-state index contributed by atoms with van der Waals surface area (Å²) in [5.41, 5.74) is 3.33. The number of rotatable bonds is 1. The molecule has 3 nitrogen and oxygen atoms in total. The Morgan fingerprint density at radius 2 is 2.15 bits per heavy atom. The van der Waals surface area contributed by atoms with Gasteiger partial charge in [0.05, 0.1) is 18.1 Å². The summed E-state index contributed by atoms with van der Waals surface area (Å²) in [6, 6.07) is 3.90. The molecule has 0 saturated heterocycles. The highest BCUT2D eigenvalue weighted by atomic mass is 16.5. The Balaban J connectivity index is 2.76. The molecule has 0 amide bonds. The number of aromatic nitrogens is 2. The summed E-state index contributed by atoms with van der Waals surface area (Å²) < 4.78 is 7.13. The molecule has 0 aromatic carbocycles. The largest absolute Gasteiger partial charge is 0.481 e. The number of fused-ring (bicyclic) bond motifs is 1. The third kappa shape index (κ3) is 1.16. The van der Waals surface area contributed by atoms with Crippen LogP contribution in [0.2, 0.25) is 0 Å². The number of pyridine rings is 1. The van der Waals surface area contributed by atoms with Crippen LogP contribution in [0.15, 0.2) is 18.3 Å². The molecule has 3 heteroatoms. The van der Waals surface area contributed by atoms with Gasteiger partial charge in [-0.15, -0.1) is 0 Å². The maximum Gasteiger partial charge on any atom is 0.213 e. The fourth-order valence-electron chi connectivity index (χ4n) is 1.54. The van der Waals surface area contributed by atoms with Crippen LogP contribution < -0.4 is 4.74 Å². The summed E-state index contributed by atoms with van der Waals surface area (Å²) >= 11 is 0. The second-order valence-corrected chi connectivity index (χ2v) is 3.14. The van der Waals surface area contributed by atoms with E-state index in [-0.39, 0.29) is 0 Å². The van der Waals surface area contributed by atoms with Crippen molar-refractivity contribution in [3.63, 3.8) is 0 Å². The predicted molar refractivity (Wildman–Crippen MR) is 52.0 cm³/mol. The Morgan fingerprint density at radius 1 is 1.38 bits per heavy atom. The first kappa shape index (κ1) is 8.10. The van der Waals surface area contributed by atoms with Crippen LogP contribution >= 0.6 is 0 Å². The van der Waals surface area contributed by atoms with E-state index in [2.05, 4.69) is 22.7 Å². The molecule has 2 rings (SSSR count). The van der Waals surface area contributed by atoms with Crippen LogP contribution in [-0.2, 0) is 7.05 Å². The second-order valence-electron chi connectivity index (χ2n) is 3.14. The van der Waals surface area contributed by atoms with E-state index >= 15 is 0 Å². The molecule has 0 atom stereocenters. The van der Waals surface area contributed by atoms with E-state index in [1.807, 2.05) is 19.2 Å². The van der Waals surface area contributed by atoms with Crippen molar-refractivity contribution in [3.05, 3.63) is 23.9 Å². The van der Waals surface area contributed by atoms with Crippen molar-refractivity contribution in [2.75, 3.05) is 7.11 Å². The zero-order chi connectivity index (χ0) is 9.42. The second kappa shape index (κ2) is 2.76. The lowest BCUT2D eigenvalue weighted by Gasteiger charge is -1.99. The van der Waals surface area contributed by atoms with Gasteiger partial charge in [0, 0.05) is 19.3 Å². The van der Waals surface area contributed by atoms with Crippen LogP contribution in [0.3, 0.4) is 0 Å². The topological polar surface area (TPSA) is 27.1 Å². The minimum absolute atomic E-state index is 0.668. The zero-order valence-corrected chi connectivity index (χ0v) is 8.03. The molecule has 0 radical (unpaired) electrons. The summed E-state index contributed by atoms with van der Waals surface area (Å²) in [6.45, 7) is 2.05. The van der Waals surface area contributed by atoms with E-state index in [4.69, 9.17) is 4.74 Å². The van der Waals surface area contributed by atoms with Crippen molar-refractivity contribution in [3.8, 4) is 5.88 Å². The third-order valence-electron chi connectivity index (χ3n) is 2.20. The van der Waals surface area contributed by atoms with Crippen molar-refractivity contribution in [2.45, 2.75) is 6.92 Å². The van der Waals surface area contributed by atoms with E-state index in [0.29, 0.717) is 5.88 Å². The smallest absolute Gasteiger partial charge is 0.213 e. The standard InChI is InChI=1S/C10H12N2O/c1-7-6-12(2)8-4-5-9(13-3)11-10(7)8/h4-6H,1-3H3. The SMILES string of the molecule is COc1ccc2c(n1)c(C)cn2C. The number of hydrogen-bond acceptors (Lipinski definition) is 2. The van der Waals surface area contributed by atoms with Gasteiger partial charge in [-0.05, 0) is 18.6 Å². The van der Waals surface area contributed by atoms with E-state index in [9.17, 15) is 0 Å². The van der Waals surface area contributed by atoms with Crippen LogP contribution in [0.1, 0.15) is 5.56 Å². The van der Waals surface area contributed by atoms with Crippen LogP contribution in [0.25, 0.3) is 11.0 Å². The summed E-state index contributed by atoms with van der Waals surface area (Å²) in [5, 5.41) is 0. The minimum atomic E-state index is 0.668. The van der Waals surface area contributed by atoms with Crippen molar-refractivity contribution < 1.29 is 4.74 Å². The Bertz CT molecular complexity index is 445. The van der Waals surface area contributed by atoms with E-state index in [0.717, 1.165) is 11.0 Å². The molecule has 2 aromatic rings. The Kier molecular flexibility index (Phi) is 1.72. The van der Waals surface area contributed by atoms with Gasteiger partial charge in [0.15, 0.2) is 0 Å². The monoisotopic (exact) mass is 176 g/mol. The molecule has 0 aliphatic carbocycles. The summed E-state index contributed by atoms with van der Waals surface area (Å²) in [4.78, 5) is 4.37. The fourth-order valence-corrected chi connectivity index (χ4v) is 1.54. The maximum atomic E-state index is 5.07. The molecule has 0 N–H and O–H groups in total. The van der Waals surface area contributed by atoms with Crippen molar-refractivity contribution >= 4 is 11.0 Å². The predicted octanol–water partition coefficient (Wildman–Crippen LogP) is 1.89. The van der Waals surface area contributed by atoms with Gasteiger partial charge in [-0.3, -0.25) is 0 Å². The summed E-state index contributed by atoms with van der Waals surface area (Å²) in [7, 11) is 3.65. The average Bonchev–Trinajstić information content (AvgIpc) is 2.42. The first-order valence-corrected chi connectivity index (χ1v) is 4.19. The molecular weight excluding hydrogens is 164 g/mol. The molecule has 0 aliphatic rings. The van der Waals surface area contributed by atoms with Gasteiger partial charge >= 0.3 is 0 Å². The van der Waals surface area contributed by atoms with Gasteiger partial charge < -0.3 is 9.30 Å². The average molecular weight is 176 g/mol. The molecule has 68 valence electrons. The molecule has 0 fully saturated rings. The fraction of sp³-hybridized carbons (Fsp3) is 0.300. The van der Waals surface area contributed by atoms with Gasteiger partial charge in [-0.1, -0.05) is 0 Å². The first-order valence-electron chi connectivity index (χ1n) is 4.19. The lowest BCUT2D eigenvalue weighted by atomic mass is 10.3. The van der Waals surface area contributed by atoms with Crippen LogP contribution in [-0.4, -0.2) is 16.7 Å². The zero-order valence-electron chi connectivity index (χ0n) is 8.03. The van der Waals surface area contributed by atoms with E-state index in [1.165, 1.54) is 5.56 Å². The van der Waals surface area contributed by atoms with Crippen LogP contribution in [0, 0.1) is 6.92 Å². The van der Waals surface area contributed by atoms with Crippen molar-refractivity contribution in [2.24, 2.45) is 7.05 Å². The maximum absolute atomic E-state index is 5.07. The first-order chi connectivity index (χ1) is 6.22. The highest BCUT2D eigenvalue weighted by molar-refractivity contribution is 5.79. The molecule has 2 heterocycles. The normalized spacial score (nSPS) is 10.7. The Hall–Kier alpha value is -1.51. The molecule has 0 aliphatic heterocycles. The highest BCUT2D eigenvalue weighted by Gasteiger charge is 2.04. The van der Waals surface area contributed by atoms with Crippen molar-refractivity contribution in [1.82, 2.24) is 9.55 Å². The lowest BCUT2D eigenvalue weighted by Crippen LogP contribution is -1.88. The van der Waals surface area contributed by atoms with Gasteiger partial charge in [0.1, 0.15) is 0 Å². The number of aryl methyl sites for hydroxylation is 2. The van der Waals surface area contributed by atoms with E-state index < -0.39 is 0 Å². The molecular formula is C10H12N2O. The van der Waals surface area contributed by atoms with Crippen molar-refractivity contribution in [1.29, 1.82) is 0 Å². The third-order valence-corrected chi connectivity index (χ3v) is 2.20. The molecule has 0 bridgehead atoms. The molecule has 0 spiro atoms.